The second-order valence-electron chi connectivity index (χ2n) is 5.62. The number of amides is 1. The molecule has 1 atom stereocenters. The summed E-state index contributed by atoms with van der Waals surface area (Å²) in [5.41, 5.74) is 2.34. The lowest BCUT2D eigenvalue weighted by molar-refractivity contribution is -0.120. The molecule has 0 heterocycles. The lowest BCUT2D eigenvalue weighted by Gasteiger charge is -2.24. The number of nitrogens with one attached hydrogen (secondary N) is 1. The molecule has 0 aliphatic heterocycles. The van der Waals surface area contributed by atoms with Crippen LogP contribution in [0.1, 0.15) is 18.1 Å². The molecule has 0 unspecified atom stereocenters. The maximum Gasteiger partial charge on any atom is 0.241 e. The van der Waals surface area contributed by atoms with Gasteiger partial charge in [0.15, 0.2) is 0 Å². The van der Waals surface area contributed by atoms with Gasteiger partial charge in [0.25, 0.3) is 0 Å². The summed E-state index contributed by atoms with van der Waals surface area (Å²) in [7, 11) is 1.93. The van der Waals surface area contributed by atoms with E-state index < -0.39 is 0 Å². The first-order valence-electron chi connectivity index (χ1n) is 7.67. The first kappa shape index (κ1) is 18.1. The minimum atomic E-state index is -0.282. The van der Waals surface area contributed by atoms with E-state index in [2.05, 4.69) is 41.9 Å². The van der Waals surface area contributed by atoms with Crippen LogP contribution in [0, 0.1) is 11.3 Å². The molecule has 124 valence electrons. The van der Waals surface area contributed by atoms with Gasteiger partial charge < -0.3 is 5.32 Å². The molecule has 0 saturated heterocycles. The molecule has 0 aliphatic rings. The van der Waals surface area contributed by atoms with E-state index in [-0.39, 0.29) is 11.9 Å². The first-order chi connectivity index (χ1) is 11.5. The van der Waals surface area contributed by atoms with Gasteiger partial charge >= 0.3 is 0 Å². The van der Waals surface area contributed by atoms with Crippen molar-refractivity contribution in [1.29, 1.82) is 5.26 Å². The highest BCUT2D eigenvalue weighted by molar-refractivity contribution is 7.98. The molecule has 0 fully saturated rings. The van der Waals surface area contributed by atoms with Crippen molar-refractivity contribution in [1.82, 2.24) is 4.90 Å². The van der Waals surface area contributed by atoms with Crippen molar-refractivity contribution in [2.45, 2.75) is 24.4 Å². The van der Waals surface area contributed by atoms with Gasteiger partial charge in [0.2, 0.25) is 5.91 Å². The van der Waals surface area contributed by atoms with Crippen LogP contribution in [0.2, 0.25) is 0 Å². The van der Waals surface area contributed by atoms with Crippen molar-refractivity contribution in [3.05, 3.63) is 59.7 Å². The van der Waals surface area contributed by atoms with Gasteiger partial charge in [-0.1, -0.05) is 18.2 Å². The van der Waals surface area contributed by atoms with E-state index in [4.69, 9.17) is 5.26 Å². The Morgan fingerprint density at radius 2 is 2.00 bits per heavy atom. The summed E-state index contributed by atoms with van der Waals surface area (Å²) in [6.07, 6.45) is 2.05. The molecule has 0 spiro atoms. The van der Waals surface area contributed by atoms with E-state index in [0.29, 0.717) is 17.8 Å². The zero-order chi connectivity index (χ0) is 17.5. The van der Waals surface area contributed by atoms with Gasteiger partial charge in [-0.15, -0.1) is 11.8 Å². The number of nitriles is 1. The summed E-state index contributed by atoms with van der Waals surface area (Å²) in [4.78, 5) is 15.6. The zero-order valence-corrected chi connectivity index (χ0v) is 14.9. The van der Waals surface area contributed by atoms with E-state index in [1.165, 1.54) is 10.5 Å². The lowest BCUT2D eigenvalue weighted by Crippen LogP contribution is -2.39. The summed E-state index contributed by atoms with van der Waals surface area (Å²) in [5.74, 6) is -0.0895. The fourth-order valence-corrected chi connectivity index (χ4v) is 2.68. The van der Waals surface area contributed by atoms with E-state index in [0.717, 1.165) is 0 Å². The molecular weight excluding hydrogens is 318 g/mol. The van der Waals surface area contributed by atoms with Crippen LogP contribution in [0.3, 0.4) is 0 Å². The van der Waals surface area contributed by atoms with Crippen molar-refractivity contribution >= 4 is 23.4 Å². The third kappa shape index (κ3) is 4.85. The molecule has 2 aromatic rings. The number of anilines is 1. The number of carbonyl (C=O) groups is 1. The quantitative estimate of drug-likeness (QED) is 0.815. The Bertz CT molecular complexity index is 737. The number of carbonyl (C=O) groups excluding carboxylic acids is 1. The van der Waals surface area contributed by atoms with Crippen LogP contribution in [0.4, 0.5) is 5.69 Å². The molecule has 1 amide bonds. The van der Waals surface area contributed by atoms with Gasteiger partial charge in [-0.3, -0.25) is 9.69 Å². The number of rotatable bonds is 6. The number of likely N-dealkylation sites (N-methyl/N-ethyl adjacent to an activating group) is 1. The third-order valence-corrected chi connectivity index (χ3v) is 4.63. The monoisotopic (exact) mass is 339 g/mol. The highest BCUT2D eigenvalue weighted by atomic mass is 32.2. The van der Waals surface area contributed by atoms with Crippen molar-refractivity contribution in [2.24, 2.45) is 0 Å². The first-order valence-corrected chi connectivity index (χ1v) is 8.90. The van der Waals surface area contributed by atoms with Gasteiger partial charge in [0.1, 0.15) is 0 Å². The van der Waals surface area contributed by atoms with Crippen LogP contribution in [-0.4, -0.2) is 30.2 Å². The second-order valence-corrected chi connectivity index (χ2v) is 6.50. The molecule has 2 rings (SSSR count). The molecule has 0 radical (unpaired) electrons. The van der Waals surface area contributed by atoms with Crippen molar-refractivity contribution in [2.75, 3.05) is 18.6 Å². The summed E-state index contributed by atoms with van der Waals surface area (Å²) >= 11 is 1.71. The minimum absolute atomic E-state index is 0.0895. The normalized spacial score (nSPS) is 11.8. The molecule has 0 saturated carbocycles. The van der Waals surface area contributed by atoms with Crippen LogP contribution in [-0.2, 0) is 11.3 Å². The molecule has 24 heavy (non-hydrogen) atoms. The topological polar surface area (TPSA) is 56.1 Å². The number of hydrogen-bond acceptors (Lipinski definition) is 4. The smallest absolute Gasteiger partial charge is 0.241 e. The predicted octanol–water partition coefficient (Wildman–Crippen LogP) is 3.74. The molecule has 4 nitrogen and oxygen atoms in total. The van der Waals surface area contributed by atoms with Crippen molar-refractivity contribution < 1.29 is 4.79 Å². The zero-order valence-electron chi connectivity index (χ0n) is 14.1. The van der Waals surface area contributed by atoms with Gasteiger partial charge in [-0.25, -0.2) is 0 Å². The molecule has 5 heteroatoms. The van der Waals surface area contributed by atoms with Gasteiger partial charge in [-0.2, -0.15) is 5.26 Å². The Morgan fingerprint density at radius 3 is 2.62 bits per heavy atom. The third-order valence-electron chi connectivity index (χ3n) is 3.89. The summed E-state index contributed by atoms with van der Waals surface area (Å²) < 4.78 is 0. The fraction of sp³-hybridized carbons (Fsp3) is 0.263. The molecule has 0 aromatic heterocycles. The maximum absolute atomic E-state index is 12.4. The van der Waals surface area contributed by atoms with Crippen molar-refractivity contribution in [3.63, 3.8) is 0 Å². The molecule has 2 aromatic carbocycles. The van der Waals surface area contributed by atoms with Gasteiger partial charge in [-0.05, 0) is 56.1 Å². The van der Waals surface area contributed by atoms with Crippen molar-refractivity contribution in [3.8, 4) is 6.07 Å². The highest BCUT2D eigenvalue weighted by Crippen LogP contribution is 2.16. The summed E-state index contributed by atoms with van der Waals surface area (Å²) in [6.45, 7) is 2.57. The molecule has 0 aliphatic carbocycles. The highest BCUT2D eigenvalue weighted by Gasteiger charge is 2.18. The molecule has 1 N–H and O–H groups in total. The number of nitrogens with zero attached hydrogens (tertiary/aromatic N) is 2. The van der Waals surface area contributed by atoms with E-state index in [9.17, 15) is 4.79 Å². The van der Waals surface area contributed by atoms with Crippen LogP contribution < -0.4 is 5.32 Å². The Hall–Kier alpha value is -2.29. The second kappa shape index (κ2) is 8.53. The molecular formula is C19H21N3OS. The average Bonchev–Trinajstić information content (AvgIpc) is 2.61. The Kier molecular flexibility index (Phi) is 6.42. The van der Waals surface area contributed by atoms with Crippen LogP contribution in [0.25, 0.3) is 0 Å². The number of hydrogen-bond donors (Lipinski definition) is 1. The summed E-state index contributed by atoms with van der Waals surface area (Å²) in [6, 6.07) is 17.1. The molecule has 0 bridgehead atoms. The SMILES string of the molecule is CSc1ccc(CN(C)[C@H](C)C(=O)Nc2cccc(C#N)c2)cc1. The minimum Gasteiger partial charge on any atom is -0.325 e. The van der Waals surface area contributed by atoms with Gasteiger partial charge in [0.05, 0.1) is 17.7 Å². The Balaban J connectivity index is 1.97. The Labute approximate surface area is 147 Å². The number of thioether (sulfide) groups is 1. The lowest BCUT2D eigenvalue weighted by atomic mass is 10.1. The largest absolute Gasteiger partial charge is 0.325 e. The van der Waals surface area contributed by atoms with E-state index >= 15 is 0 Å². The Morgan fingerprint density at radius 1 is 1.29 bits per heavy atom. The van der Waals surface area contributed by atoms with E-state index in [1.807, 2.05) is 18.9 Å². The standard InChI is InChI=1S/C19H21N3OS/c1-14(19(23)21-17-6-4-5-16(11-17)12-20)22(2)13-15-7-9-18(24-3)10-8-15/h4-11,14H,13H2,1-3H3,(H,21,23)/t14-/m1/s1. The summed E-state index contributed by atoms with van der Waals surface area (Å²) in [5, 5.41) is 11.8. The maximum atomic E-state index is 12.4. The van der Waals surface area contributed by atoms with Gasteiger partial charge in [0, 0.05) is 17.1 Å². The average molecular weight is 339 g/mol. The van der Waals surface area contributed by atoms with E-state index in [1.54, 1.807) is 36.0 Å². The fourth-order valence-electron chi connectivity index (χ4n) is 2.27. The van der Waals surface area contributed by atoms with Crippen LogP contribution in [0.5, 0.6) is 0 Å². The van der Waals surface area contributed by atoms with Crippen LogP contribution >= 0.6 is 11.8 Å². The number of benzene rings is 2. The van der Waals surface area contributed by atoms with Crippen LogP contribution in [0.15, 0.2) is 53.4 Å². The predicted molar refractivity (Wildman–Crippen MR) is 98.9 cm³/mol.